The van der Waals surface area contributed by atoms with Gasteiger partial charge in [0.15, 0.2) is 0 Å². The molecule has 0 fully saturated rings. The Bertz CT molecular complexity index is 1640. The number of ether oxygens (including phenoxy) is 2. The van der Waals surface area contributed by atoms with E-state index in [4.69, 9.17) is 9.47 Å². The van der Waals surface area contributed by atoms with Gasteiger partial charge in [0.2, 0.25) is 0 Å². The lowest BCUT2D eigenvalue weighted by molar-refractivity contribution is -0.0881. The lowest BCUT2D eigenvalue weighted by atomic mass is 10.1. The SMILES string of the molecule is COc1cc(Cn2cc(-c3ccc(C(=O)O)cc3)n(Cc3ccc(CP(=O)(OF)OF)c(Br)c3)c2=O)cc(OC)c1. The van der Waals surface area contributed by atoms with Crippen LogP contribution in [-0.2, 0) is 33.3 Å². The smallest absolute Gasteiger partial charge is 0.399 e. The van der Waals surface area contributed by atoms with Crippen molar-refractivity contribution in [3.63, 3.8) is 0 Å². The van der Waals surface area contributed by atoms with Gasteiger partial charge in [-0.3, -0.25) is 13.7 Å². The van der Waals surface area contributed by atoms with Gasteiger partial charge in [-0.15, -0.1) is 9.46 Å². The fourth-order valence-corrected chi connectivity index (χ4v) is 5.83. The number of hydrogen-bond acceptors (Lipinski definition) is 7. The Balaban J connectivity index is 1.75. The molecule has 0 bridgehead atoms. The maximum Gasteiger partial charge on any atom is 0.399 e. The highest BCUT2D eigenvalue weighted by Crippen LogP contribution is 2.53. The minimum absolute atomic E-state index is 0.0824. The van der Waals surface area contributed by atoms with Gasteiger partial charge in [0.1, 0.15) is 11.5 Å². The molecule has 0 unspecified atom stereocenters. The fourth-order valence-electron chi connectivity index (χ4n) is 4.23. The molecule has 41 heavy (non-hydrogen) atoms. The lowest BCUT2D eigenvalue weighted by Crippen LogP contribution is -2.25. The number of aromatic carboxylic acids is 1. The van der Waals surface area contributed by atoms with Crippen molar-refractivity contribution >= 4 is 29.5 Å². The van der Waals surface area contributed by atoms with Crippen LogP contribution in [0, 0.1) is 0 Å². The molecule has 4 rings (SSSR count). The molecule has 0 aliphatic heterocycles. The molecular weight excluding hydrogens is 629 g/mol. The average molecular weight is 653 g/mol. The van der Waals surface area contributed by atoms with Gasteiger partial charge >= 0.3 is 19.3 Å². The molecule has 10 nitrogen and oxygen atoms in total. The van der Waals surface area contributed by atoms with E-state index < -0.39 is 19.7 Å². The van der Waals surface area contributed by atoms with Crippen molar-refractivity contribution in [3.8, 4) is 22.8 Å². The van der Waals surface area contributed by atoms with E-state index in [0.29, 0.717) is 32.8 Å². The monoisotopic (exact) mass is 652 g/mol. The van der Waals surface area contributed by atoms with Gasteiger partial charge in [-0.1, -0.05) is 40.2 Å². The van der Waals surface area contributed by atoms with Crippen LogP contribution < -0.4 is 15.2 Å². The second-order valence-electron chi connectivity index (χ2n) is 8.95. The van der Waals surface area contributed by atoms with E-state index >= 15 is 0 Å². The summed E-state index contributed by atoms with van der Waals surface area (Å²) in [5.41, 5.74) is 2.49. The van der Waals surface area contributed by atoms with Gasteiger partial charge in [0.25, 0.3) is 0 Å². The van der Waals surface area contributed by atoms with Crippen LogP contribution in [0.25, 0.3) is 11.3 Å². The van der Waals surface area contributed by atoms with Crippen molar-refractivity contribution in [2.24, 2.45) is 0 Å². The summed E-state index contributed by atoms with van der Waals surface area (Å²) in [6.45, 7) is 0.267. The largest absolute Gasteiger partial charge is 0.497 e. The molecule has 216 valence electrons. The Hall–Kier alpha value is -3.77. The van der Waals surface area contributed by atoms with E-state index in [1.807, 2.05) is 0 Å². The Morgan fingerprint density at radius 3 is 2.10 bits per heavy atom. The zero-order valence-electron chi connectivity index (χ0n) is 21.8. The van der Waals surface area contributed by atoms with Gasteiger partial charge in [0, 0.05) is 16.7 Å². The number of carboxylic acids is 1. The zero-order valence-corrected chi connectivity index (χ0v) is 24.2. The highest BCUT2D eigenvalue weighted by atomic mass is 79.9. The van der Waals surface area contributed by atoms with E-state index in [0.717, 1.165) is 5.56 Å². The quantitative estimate of drug-likeness (QED) is 0.175. The summed E-state index contributed by atoms with van der Waals surface area (Å²) < 4.78 is 57.4. The Kier molecular flexibility index (Phi) is 9.44. The van der Waals surface area contributed by atoms with Crippen LogP contribution in [0.4, 0.5) is 9.05 Å². The summed E-state index contributed by atoms with van der Waals surface area (Å²) in [6, 6.07) is 16.1. The standard InChI is InChI=1S/C27H24BrF2N2O8P/c1-37-22-9-18(10-23(12-22)38-2)13-31-15-25(19-5-7-20(8-6-19)26(33)34)32(27(31)35)14-17-3-4-21(24(28)11-17)16-41(36,39-29)40-30/h3-12,15H,13-14,16H2,1-2H3,(H,33,34). The number of carbonyl (C=O) groups is 1. The van der Waals surface area contributed by atoms with Crippen LogP contribution in [0.2, 0.25) is 0 Å². The molecule has 0 saturated heterocycles. The van der Waals surface area contributed by atoms with Crippen LogP contribution in [0.3, 0.4) is 0 Å². The van der Waals surface area contributed by atoms with Crippen LogP contribution >= 0.6 is 23.5 Å². The summed E-state index contributed by atoms with van der Waals surface area (Å²) in [7, 11) is -1.55. The molecule has 14 heteroatoms. The fraction of sp³-hybridized carbons (Fsp3) is 0.185. The molecule has 0 aliphatic rings. The van der Waals surface area contributed by atoms with Crippen molar-refractivity contribution < 1.29 is 42.4 Å². The molecule has 1 N–H and O–H groups in total. The van der Waals surface area contributed by atoms with E-state index in [2.05, 4.69) is 25.4 Å². The number of hydrogen-bond donors (Lipinski definition) is 1. The summed E-state index contributed by atoms with van der Waals surface area (Å²) in [4.78, 5) is 25.0. The number of halogens is 3. The molecule has 0 amide bonds. The molecule has 0 aliphatic carbocycles. The van der Waals surface area contributed by atoms with E-state index in [1.165, 1.54) is 41.6 Å². The minimum atomic E-state index is -4.60. The first-order valence-electron chi connectivity index (χ1n) is 11.9. The van der Waals surface area contributed by atoms with E-state index in [1.54, 1.807) is 48.7 Å². The van der Waals surface area contributed by atoms with Crippen molar-refractivity contribution in [2.75, 3.05) is 14.2 Å². The van der Waals surface area contributed by atoms with Crippen LogP contribution in [0.1, 0.15) is 27.0 Å². The highest BCUT2D eigenvalue weighted by molar-refractivity contribution is 9.10. The number of benzene rings is 3. The maximum absolute atomic E-state index is 13.7. The Morgan fingerprint density at radius 2 is 1.56 bits per heavy atom. The first-order valence-corrected chi connectivity index (χ1v) is 14.4. The van der Waals surface area contributed by atoms with E-state index in [-0.39, 0.29) is 29.9 Å². The van der Waals surface area contributed by atoms with Crippen molar-refractivity contribution in [3.05, 3.63) is 104 Å². The first kappa shape index (κ1) is 30.2. The first-order chi connectivity index (χ1) is 19.6. The van der Waals surface area contributed by atoms with Gasteiger partial charge in [0.05, 0.1) is 44.7 Å². The van der Waals surface area contributed by atoms with Gasteiger partial charge in [-0.05, 0) is 61.6 Å². The van der Waals surface area contributed by atoms with Crippen LogP contribution in [0.5, 0.6) is 11.5 Å². The van der Waals surface area contributed by atoms with Crippen LogP contribution in [-0.4, -0.2) is 34.4 Å². The average Bonchev–Trinajstić information content (AvgIpc) is 3.28. The number of carboxylic acid groups (broad SMARTS) is 1. The van der Waals surface area contributed by atoms with Crippen molar-refractivity contribution in [1.29, 1.82) is 0 Å². The van der Waals surface area contributed by atoms with Crippen molar-refractivity contribution in [2.45, 2.75) is 19.3 Å². The molecule has 0 radical (unpaired) electrons. The molecular formula is C27H24BrF2N2O8P. The highest BCUT2D eigenvalue weighted by Gasteiger charge is 2.29. The van der Waals surface area contributed by atoms with Gasteiger partial charge < -0.3 is 14.6 Å². The zero-order chi connectivity index (χ0) is 29.7. The predicted octanol–water partition coefficient (Wildman–Crippen LogP) is 6.39. The Morgan fingerprint density at radius 1 is 0.927 bits per heavy atom. The lowest BCUT2D eigenvalue weighted by Gasteiger charge is -2.12. The predicted molar refractivity (Wildman–Crippen MR) is 149 cm³/mol. The van der Waals surface area contributed by atoms with Crippen LogP contribution in [0.15, 0.2) is 76.1 Å². The number of rotatable bonds is 12. The van der Waals surface area contributed by atoms with E-state index in [9.17, 15) is 28.3 Å². The molecule has 1 heterocycles. The summed E-state index contributed by atoms with van der Waals surface area (Å²) >= 11 is 3.30. The molecule has 4 aromatic rings. The summed E-state index contributed by atoms with van der Waals surface area (Å²) in [5, 5.41) is 9.29. The molecule has 3 aromatic carbocycles. The minimum Gasteiger partial charge on any atom is -0.497 e. The molecule has 0 saturated carbocycles. The number of methoxy groups -OCH3 is 2. The second kappa shape index (κ2) is 12.8. The summed E-state index contributed by atoms with van der Waals surface area (Å²) in [5.74, 6) is 0.0357. The third kappa shape index (κ3) is 6.94. The molecule has 0 atom stereocenters. The molecule has 1 aromatic heterocycles. The molecule has 0 spiro atoms. The summed E-state index contributed by atoms with van der Waals surface area (Å²) in [6.07, 6.45) is 1.00. The number of nitrogens with zero attached hydrogens (tertiary/aromatic N) is 2. The maximum atomic E-state index is 13.7. The normalized spacial score (nSPS) is 11.4. The number of aromatic nitrogens is 2. The second-order valence-corrected chi connectivity index (χ2v) is 11.6. The third-order valence-corrected chi connectivity index (χ3v) is 8.16. The van der Waals surface area contributed by atoms with Gasteiger partial charge in [-0.25, -0.2) is 9.59 Å². The van der Waals surface area contributed by atoms with Gasteiger partial charge in [-0.2, -0.15) is 0 Å². The number of imidazole rings is 1. The third-order valence-electron chi connectivity index (χ3n) is 6.27. The Labute approximate surface area is 241 Å². The van der Waals surface area contributed by atoms with Crippen molar-refractivity contribution in [1.82, 2.24) is 9.13 Å². The topological polar surface area (TPSA) is 118 Å².